The number of hydrogen-bond donors (Lipinski definition) is 1. The summed E-state index contributed by atoms with van der Waals surface area (Å²) in [7, 11) is 0. The van der Waals surface area contributed by atoms with Crippen LogP contribution in [0, 0.1) is 0 Å². The number of carbonyl (C=O) groups is 1. The maximum Gasteiger partial charge on any atom is 0.339 e. The summed E-state index contributed by atoms with van der Waals surface area (Å²) in [5, 5.41) is 9.25. The molecule has 0 unspecified atom stereocenters. The number of nitrogens with zero attached hydrogens (tertiary/aromatic N) is 2. The monoisotopic (exact) mass is 274 g/mol. The standard InChI is InChI=1S/C16H22N2O2/c19-16(20)13-10-17-15(18-14(13)11-8-9-11)12-6-4-2-1-3-5-7-12/h10-12H,1-9H2,(H,19,20). The van der Waals surface area contributed by atoms with Crippen molar-refractivity contribution in [3.8, 4) is 0 Å². The van der Waals surface area contributed by atoms with Crippen molar-refractivity contribution in [1.82, 2.24) is 9.97 Å². The molecular weight excluding hydrogens is 252 g/mol. The van der Waals surface area contributed by atoms with Gasteiger partial charge in [-0.15, -0.1) is 0 Å². The Morgan fingerprint density at radius 3 is 2.25 bits per heavy atom. The molecule has 0 aliphatic heterocycles. The fourth-order valence-electron chi connectivity index (χ4n) is 3.15. The van der Waals surface area contributed by atoms with Gasteiger partial charge in [-0.3, -0.25) is 0 Å². The van der Waals surface area contributed by atoms with Gasteiger partial charge < -0.3 is 5.11 Å². The van der Waals surface area contributed by atoms with E-state index in [-0.39, 0.29) is 0 Å². The van der Waals surface area contributed by atoms with Crippen molar-refractivity contribution in [2.75, 3.05) is 0 Å². The average Bonchev–Trinajstić information content (AvgIpc) is 3.21. The Hall–Kier alpha value is -1.45. The van der Waals surface area contributed by atoms with Crippen LogP contribution in [0.3, 0.4) is 0 Å². The lowest BCUT2D eigenvalue weighted by molar-refractivity contribution is 0.0694. The number of rotatable bonds is 3. The Morgan fingerprint density at radius 2 is 1.65 bits per heavy atom. The van der Waals surface area contributed by atoms with Crippen LogP contribution in [0.2, 0.25) is 0 Å². The highest BCUT2D eigenvalue weighted by atomic mass is 16.4. The van der Waals surface area contributed by atoms with Crippen LogP contribution in [0.1, 0.15) is 91.5 Å². The topological polar surface area (TPSA) is 63.1 Å². The zero-order valence-corrected chi connectivity index (χ0v) is 11.8. The van der Waals surface area contributed by atoms with Crippen LogP contribution in [-0.4, -0.2) is 21.0 Å². The summed E-state index contributed by atoms with van der Waals surface area (Å²) in [6.07, 6.45) is 12.4. The molecular formula is C16H22N2O2. The van der Waals surface area contributed by atoms with Crippen molar-refractivity contribution in [2.45, 2.75) is 69.6 Å². The van der Waals surface area contributed by atoms with Gasteiger partial charge in [0.2, 0.25) is 0 Å². The highest BCUT2D eigenvalue weighted by Crippen LogP contribution is 2.41. The van der Waals surface area contributed by atoms with Gasteiger partial charge in [-0.1, -0.05) is 32.1 Å². The first kappa shape index (κ1) is 13.5. The Balaban J connectivity index is 1.85. The Morgan fingerprint density at radius 1 is 1.00 bits per heavy atom. The van der Waals surface area contributed by atoms with Crippen molar-refractivity contribution in [3.05, 3.63) is 23.3 Å². The van der Waals surface area contributed by atoms with Crippen molar-refractivity contribution in [3.63, 3.8) is 0 Å². The van der Waals surface area contributed by atoms with E-state index in [0.29, 0.717) is 17.4 Å². The number of aromatic nitrogens is 2. The number of aromatic carboxylic acids is 1. The minimum absolute atomic E-state index is 0.307. The Labute approximate surface area is 119 Å². The first-order valence-corrected chi connectivity index (χ1v) is 7.86. The number of hydrogen-bond acceptors (Lipinski definition) is 3. The van der Waals surface area contributed by atoms with Gasteiger partial charge in [-0.2, -0.15) is 0 Å². The van der Waals surface area contributed by atoms with Gasteiger partial charge in [0.15, 0.2) is 0 Å². The predicted molar refractivity (Wildman–Crippen MR) is 76.0 cm³/mol. The molecule has 4 nitrogen and oxygen atoms in total. The quantitative estimate of drug-likeness (QED) is 0.908. The maximum absolute atomic E-state index is 11.3. The van der Waals surface area contributed by atoms with Gasteiger partial charge in [-0.25, -0.2) is 14.8 Å². The Bertz CT molecular complexity index is 489. The lowest BCUT2D eigenvalue weighted by atomic mass is 9.90. The summed E-state index contributed by atoms with van der Waals surface area (Å²) in [5.41, 5.74) is 1.09. The van der Waals surface area contributed by atoms with Crippen molar-refractivity contribution >= 4 is 5.97 Å². The van der Waals surface area contributed by atoms with E-state index in [1.165, 1.54) is 38.3 Å². The Kier molecular flexibility index (Phi) is 3.99. The van der Waals surface area contributed by atoms with Crippen LogP contribution in [0.4, 0.5) is 0 Å². The minimum atomic E-state index is -0.892. The summed E-state index contributed by atoms with van der Waals surface area (Å²) in [5.74, 6) is 0.780. The minimum Gasteiger partial charge on any atom is -0.478 e. The third kappa shape index (κ3) is 3.00. The lowest BCUT2D eigenvalue weighted by Crippen LogP contribution is -2.12. The zero-order valence-electron chi connectivity index (χ0n) is 11.8. The van der Waals surface area contributed by atoms with E-state index in [1.807, 2.05) is 0 Å². The van der Waals surface area contributed by atoms with E-state index in [1.54, 1.807) is 0 Å². The van der Waals surface area contributed by atoms with Gasteiger partial charge in [0, 0.05) is 18.0 Å². The molecule has 20 heavy (non-hydrogen) atoms. The van der Waals surface area contributed by atoms with Gasteiger partial charge in [0.25, 0.3) is 0 Å². The first-order chi connectivity index (χ1) is 9.75. The molecule has 4 heteroatoms. The molecule has 0 bridgehead atoms. The second-order valence-corrected chi connectivity index (χ2v) is 6.15. The molecule has 108 valence electrons. The van der Waals surface area contributed by atoms with E-state index in [0.717, 1.165) is 37.2 Å². The molecule has 1 N–H and O–H groups in total. The van der Waals surface area contributed by atoms with Crippen LogP contribution < -0.4 is 0 Å². The van der Waals surface area contributed by atoms with Gasteiger partial charge >= 0.3 is 5.97 Å². The average molecular weight is 274 g/mol. The molecule has 1 aromatic heterocycles. The predicted octanol–water partition coefficient (Wildman–Crippen LogP) is 3.88. The maximum atomic E-state index is 11.3. The fourth-order valence-corrected chi connectivity index (χ4v) is 3.15. The van der Waals surface area contributed by atoms with Crippen molar-refractivity contribution < 1.29 is 9.90 Å². The van der Waals surface area contributed by atoms with Crippen LogP contribution in [-0.2, 0) is 0 Å². The van der Waals surface area contributed by atoms with Crippen molar-refractivity contribution in [2.24, 2.45) is 0 Å². The summed E-state index contributed by atoms with van der Waals surface area (Å²) >= 11 is 0. The second-order valence-electron chi connectivity index (χ2n) is 6.15. The molecule has 0 amide bonds. The van der Waals surface area contributed by atoms with Gasteiger partial charge in [0.1, 0.15) is 5.82 Å². The first-order valence-electron chi connectivity index (χ1n) is 7.86. The smallest absolute Gasteiger partial charge is 0.339 e. The van der Waals surface area contributed by atoms with Crippen LogP contribution in [0.15, 0.2) is 6.20 Å². The molecule has 0 aromatic carbocycles. The third-order valence-electron chi connectivity index (χ3n) is 4.50. The molecule has 0 spiro atoms. The summed E-state index contributed by atoms with van der Waals surface area (Å²) in [4.78, 5) is 20.3. The number of carboxylic acid groups (broad SMARTS) is 1. The molecule has 2 fully saturated rings. The van der Waals surface area contributed by atoms with Crippen LogP contribution in [0.25, 0.3) is 0 Å². The zero-order chi connectivity index (χ0) is 13.9. The van der Waals surface area contributed by atoms with E-state index in [2.05, 4.69) is 9.97 Å². The third-order valence-corrected chi connectivity index (χ3v) is 4.50. The second kappa shape index (κ2) is 5.90. The van der Waals surface area contributed by atoms with Crippen LogP contribution >= 0.6 is 0 Å². The fraction of sp³-hybridized carbons (Fsp3) is 0.688. The van der Waals surface area contributed by atoms with E-state index in [9.17, 15) is 9.90 Å². The molecule has 1 aromatic rings. The van der Waals surface area contributed by atoms with Crippen LogP contribution in [0.5, 0.6) is 0 Å². The molecule has 2 aliphatic carbocycles. The molecule has 2 saturated carbocycles. The normalized spacial score (nSPS) is 21.2. The molecule has 3 rings (SSSR count). The molecule has 0 saturated heterocycles. The molecule has 0 radical (unpaired) electrons. The molecule has 2 aliphatic rings. The summed E-state index contributed by atoms with van der Waals surface area (Å²) in [6, 6.07) is 0. The van der Waals surface area contributed by atoms with Gasteiger partial charge in [-0.05, 0) is 25.7 Å². The summed E-state index contributed by atoms with van der Waals surface area (Å²) < 4.78 is 0. The van der Waals surface area contributed by atoms with E-state index in [4.69, 9.17) is 0 Å². The van der Waals surface area contributed by atoms with Gasteiger partial charge in [0.05, 0.1) is 11.3 Å². The SMILES string of the molecule is O=C(O)c1cnc(C2CCCCCCC2)nc1C1CC1. The highest BCUT2D eigenvalue weighted by Gasteiger charge is 2.31. The largest absolute Gasteiger partial charge is 0.478 e. The van der Waals surface area contributed by atoms with Crippen molar-refractivity contribution in [1.29, 1.82) is 0 Å². The van der Waals surface area contributed by atoms with E-state index >= 15 is 0 Å². The molecule has 0 atom stereocenters. The number of carboxylic acids is 1. The molecule has 1 heterocycles. The lowest BCUT2D eigenvalue weighted by Gasteiger charge is -2.19. The van der Waals surface area contributed by atoms with E-state index < -0.39 is 5.97 Å². The highest BCUT2D eigenvalue weighted by molar-refractivity contribution is 5.88. The summed E-state index contributed by atoms with van der Waals surface area (Å²) in [6.45, 7) is 0.